The Labute approximate surface area is 143 Å². The first-order valence-electron chi connectivity index (χ1n) is 8.75. The third-order valence-corrected chi connectivity index (χ3v) is 4.85. The molecule has 2 aromatic rings. The molecule has 1 aromatic carbocycles. The summed E-state index contributed by atoms with van der Waals surface area (Å²) < 4.78 is 0. The number of hydrogen-bond donors (Lipinski definition) is 2. The average molecular weight is 333 g/mol. The predicted octanol–water partition coefficient (Wildman–Crippen LogP) is 4.73. The zero-order valence-electron chi connectivity index (χ0n) is 13.6. The number of benzene rings is 1. The van der Waals surface area contributed by atoms with Crippen molar-refractivity contribution in [1.82, 2.24) is 4.98 Å². The first-order chi connectivity index (χ1) is 11.3. The Morgan fingerprint density at radius 2 is 1.91 bits per heavy atom. The molecule has 0 atom stereocenters. The molecule has 0 saturated heterocycles. The van der Waals surface area contributed by atoms with E-state index in [9.17, 15) is 0 Å². The van der Waals surface area contributed by atoms with Crippen LogP contribution >= 0.6 is 11.6 Å². The van der Waals surface area contributed by atoms with Crippen molar-refractivity contribution in [3.05, 3.63) is 34.5 Å². The van der Waals surface area contributed by atoms with E-state index in [-0.39, 0.29) is 0 Å². The highest BCUT2D eigenvalue weighted by Crippen LogP contribution is 2.34. The summed E-state index contributed by atoms with van der Waals surface area (Å²) in [5, 5.41) is 14.4. The third kappa shape index (κ3) is 3.96. The second-order valence-corrected chi connectivity index (χ2v) is 6.78. The molecule has 0 amide bonds. The van der Waals surface area contributed by atoms with E-state index < -0.39 is 0 Å². The molecule has 1 aromatic heterocycles. The molecule has 2 N–H and O–H groups in total. The fourth-order valence-corrected chi connectivity index (χ4v) is 3.57. The molecular formula is C19H25ClN2O. The molecule has 0 bridgehead atoms. The van der Waals surface area contributed by atoms with Gasteiger partial charge in [-0.15, -0.1) is 0 Å². The maximum atomic E-state index is 8.84. The molecule has 0 saturated carbocycles. The summed E-state index contributed by atoms with van der Waals surface area (Å²) in [5.41, 5.74) is 4.93. The normalized spacial score (nSPS) is 14.0. The number of nitrogens with zero attached hydrogens (tertiary/aromatic N) is 1. The van der Waals surface area contributed by atoms with Gasteiger partial charge in [-0.3, -0.25) is 4.98 Å². The number of nitrogens with one attached hydrogen (secondary N) is 1. The van der Waals surface area contributed by atoms with E-state index in [1.165, 1.54) is 29.8 Å². The molecule has 1 heterocycles. The van der Waals surface area contributed by atoms with Gasteiger partial charge in [0, 0.05) is 34.9 Å². The summed E-state index contributed by atoms with van der Waals surface area (Å²) in [6.45, 7) is 1.26. The molecule has 3 rings (SSSR count). The number of halogens is 1. The molecular weight excluding hydrogens is 308 g/mol. The summed E-state index contributed by atoms with van der Waals surface area (Å²) in [4.78, 5) is 4.86. The molecule has 1 aliphatic carbocycles. The number of pyridine rings is 1. The van der Waals surface area contributed by atoms with E-state index in [4.69, 9.17) is 21.7 Å². The van der Waals surface area contributed by atoms with Crippen molar-refractivity contribution in [2.24, 2.45) is 0 Å². The lowest BCUT2D eigenvalue weighted by molar-refractivity contribution is 0.283. The van der Waals surface area contributed by atoms with Crippen LogP contribution in [-0.4, -0.2) is 23.2 Å². The minimum absolute atomic E-state index is 0.300. The molecule has 0 aliphatic heterocycles. The molecule has 4 heteroatoms. The van der Waals surface area contributed by atoms with Gasteiger partial charge in [-0.1, -0.05) is 24.4 Å². The number of aliphatic hydroxyl groups excluding tert-OH is 1. The number of unbranched alkanes of at least 4 members (excludes halogenated alkanes) is 3. The number of aromatic nitrogens is 1. The van der Waals surface area contributed by atoms with Crippen LogP contribution in [0.1, 0.15) is 49.8 Å². The highest BCUT2D eigenvalue weighted by molar-refractivity contribution is 6.31. The van der Waals surface area contributed by atoms with E-state index in [0.29, 0.717) is 6.61 Å². The highest BCUT2D eigenvalue weighted by atomic mass is 35.5. The SMILES string of the molecule is OCCCCCCNc1c2c(nc3ccc(Cl)cc13)CCCC2. The molecule has 0 radical (unpaired) electrons. The second kappa shape index (κ2) is 7.98. The summed E-state index contributed by atoms with van der Waals surface area (Å²) >= 11 is 6.21. The smallest absolute Gasteiger partial charge is 0.0727 e. The largest absolute Gasteiger partial charge is 0.396 e. The van der Waals surface area contributed by atoms with Crippen LogP contribution in [0.5, 0.6) is 0 Å². The number of fused-ring (bicyclic) bond motifs is 2. The molecule has 0 spiro atoms. The van der Waals surface area contributed by atoms with E-state index in [0.717, 1.165) is 61.0 Å². The first kappa shape index (κ1) is 16.5. The quantitative estimate of drug-likeness (QED) is 0.720. The Hall–Kier alpha value is -1.32. The number of aryl methyl sites for hydroxylation is 1. The Kier molecular flexibility index (Phi) is 5.74. The summed E-state index contributed by atoms with van der Waals surface area (Å²) in [6.07, 6.45) is 8.95. The molecule has 124 valence electrons. The minimum Gasteiger partial charge on any atom is -0.396 e. The van der Waals surface area contributed by atoms with Gasteiger partial charge in [-0.25, -0.2) is 0 Å². The Bertz CT molecular complexity index is 672. The number of anilines is 1. The monoisotopic (exact) mass is 332 g/mol. The Balaban J connectivity index is 1.82. The van der Waals surface area contributed by atoms with Crippen LogP contribution in [0.2, 0.25) is 5.02 Å². The van der Waals surface area contributed by atoms with Gasteiger partial charge in [0.25, 0.3) is 0 Å². The molecule has 1 aliphatic rings. The van der Waals surface area contributed by atoms with E-state index in [1.807, 2.05) is 18.2 Å². The van der Waals surface area contributed by atoms with Crippen LogP contribution in [0.25, 0.3) is 10.9 Å². The van der Waals surface area contributed by atoms with Crippen molar-refractivity contribution in [2.75, 3.05) is 18.5 Å². The van der Waals surface area contributed by atoms with Gasteiger partial charge >= 0.3 is 0 Å². The van der Waals surface area contributed by atoms with Crippen LogP contribution in [-0.2, 0) is 12.8 Å². The van der Waals surface area contributed by atoms with Crippen LogP contribution in [0, 0.1) is 0 Å². The zero-order valence-corrected chi connectivity index (χ0v) is 14.3. The van der Waals surface area contributed by atoms with Crippen LogP contribution in [0.3, 0.4) is 0 Å². The fourth-order valence-electron chi connectivity index (χ4n) is 3.40. The van der Waals surface area contributed by atoms with Gasteiger partial charge in [0.05, 0.1) is 5.52 Å². The van der Waals surface area contributed by atoms with Crippen LogP contribution in [0.15, 0.2) is 18.2 Å². The molecule has 0 unspecified atom stereocenters. The lowest BCUT2D eigenvalue weighted by Crippen LogP contribution is -2.12. The Morgan fingerprint density at radius 1 is 1.09 bits per heavy atom. The maximum Gasteiger partial charge on any atom is 0.0727 e. The predicted molar refractivity (Wildman–Crippen MR) is 97.4 cm³/mol. The summed E-state index contributed by atoms with van der Waals surface area (Å²) in [7, 11) is 0. The van der Waals surface area contributed by atoms with Gasteiger partial charge < -0.3 is 10.4 Å². The van der Waals surface area contributed by atoms with Gasteiger partial charge in [0.2, 0.25) is 0 Å². The topological polar surface area (TPSA) is 45.1 Å². The van der Waals surface area contributed by atoms with Crippen molar-refractivity contribution in [3.63, 3.8) is 0 Å². The van der Waals surface area contributed by atoms with E-state index >= 15 is 0 Å². The lowest BCUT2D eigenvalue weighted by atomic mass is 9.92. The Morgan fingerprint density at radius 3 is 2.78 bits per heavy atom. The first-order valence-corrected chi connectivity index (χ1v) is 9.13. The number of hydrogen-bond acceptors (Lipinski definition) is 3. The van der Waals surface area contributed by atoms with Crippen LogP contribution < -0.4 is 5.32 Å². The summed E-state index contributed by atoms with van der Waals surface area (Å²) in [6, 6.07) is 5.98. The second-order valence-electron chi connectivity index (χ2n) is 6.35. The number of aliphatic hydroxyl groups is 1. The maximum absolute atomic E-state index is 8.84. The lowest BCUT2D eigenvalue weighted by Gasteiger charge is -2.22. The standard InChI is InChI=1S/C19H25ClN2O/c20-14-9-10-18-16(13-14)19(21-11-5-1-2-6-12-23)15-7-3-4-8-17(15)22-18/h9-10,13,23H,1-8,11-12H2,(H,21,22). The van der Waals surface area contributed by atoms with Crippen molar-refractivity contribution < 1.29 is 5.11 Å². The third-order valence-electron chi connectivity index (χ3n) is 4.61. The van der Waals surface area contributed by atoms with Crippen molar-refractivity contribution in [1.29, 1.82) is 0 Å². The van der Waals surface area contributed by atoms with Crippen molar-refractivity contribution in [2.45, 2.75) is 51.4 Å². The van der Waals surface area contributed by atoms with Gasteiger partial charge in [0.1, 0.15) is 0 Å². The van der Waals surface area contributed by atoms with Crippen molar-refractivity contribution in [3.8, 4) is 0 Å². The zero-order chi connectivity index (χ0) is 16.1. The van der Waals surface area contributed by atoms with Gasteiger partial charge in [0.15, 0.2) is 0 Å². The van der Waals surface area contributed by atoms with E-state index in [2.05, 4.69) is 5.32 Å². The highest BCUT2D eigenvalue weighted by Gasteiger charge is 2.18. The average Bonchev–Trinajstić information content (AvgIpc) is 2.57. The molecule has 0 fully saturated rings. The molecule has 3 nitrogen and oxygen atoms in total. The summed E-state index contributed by atoms with van der Waals surface area (Å²) in [5.74, 6) is 0. The molecule has 23 heavy (non-hydrogen) atoms. The van der Waals surface area contributed by atoms with Crippen molar-refractivity contribution >= 4 is 28.2 Å². The number of rotatable bonds is 7. The minimum atomic E-state index is 0.300. The fraction of sp³-hybridized carbons (Fsp3) is 0.526. The van der Waals surface area contributed by atoms with Crippen LogP contribution in [0.4, 0.5) is 5.69 Å². The van der Waals surface area contributed by atoms with Gasteiger partial charge in [-0.05, 0) is 62.3 Å². The van der Waals surface area contributed by atoms with E-state index in [1.54, 1.807) is 0 Å². The van der Waals surface area contributed by atoms with Gasteiger partial charge in [-0.2, -0.15) is 0 Å².